The molecule has 0 aromatic heterocycles. The molecule has 3 aliphatic rings. The highest BCUT2D eigenvalue weighted by molar-refractivity contribution is 6.35. The fourth-order valence-corrected chi connectivity index (χ4v) is 5.24. The van der Waals surface area contributed by atoms with Gasteiger partial charge in [-0.3, -0.25) is 4.79 Å². The Kier molecular flexibility index (Phi) is 4.38. The molecule has 150 valence electrons. The second-order valence-corrected chi connectivity index (χ2v) is 8.68. The van der Waals surface area contributed by atoms with Crippen molar-refractivity contribution in [2.75, 3.05) is 19.1 Å². The Labute approximate surface area is 172 Å². The second-order valence-electron chi connectivity index (χ2n) is 8.68. The van der Waals surface area contributed by atoms with Crippen molar-refractivity contribution in [2.45, 2.75) is 38.7 Å². The van der Waals surface area contributed by atoms with E-state index in [0.717, 1.165) is 51.8 Å². The summed E-state index contributed by atoms with van der Waals surface area (Å²) < 4.78 is 12.0. The number of nitrogens with zero attached hydrogens (tertiary/aromatic N) is 1. The molecule has 0 saturated heterocycles. The monoisotopic (exact) mass is 389 g/mol. The quantitative estimate of drug-likeness (QED) is 0.684. The number of carbonyl (C=O) groups is 1. The maximum Gasteiger partial charge on any atom is 0.258 e. The Bertz CT molecular complexity index is 1010. The van der Waals surface area contributed by atoms with E-state index in [4.69, 9.17) is 9.47 Å². The number of benzene rings is 2. The molecule has 4 heteroatoms. The molecule has 2 aliphatic carbocycles. The number of aryl methyl sites for hydroxylation is 1. The average molecular weight is 389 g/mol. The Balaban J connectivity index is 1.49. The SMILES string of the molecule is COc1ccc(/C=C2/C(=O)N(C)c3ccc(C)cc32)cc1O[C@H]1C[C@@H]2CC[C@H]1C2. The highest BCUT2D eigenvalue weighted by Crippen LogP contribution is 2.47. The van der Waals surface area contributed by atoms with Gasteiger partial charge in [-0.15, -0.1) is 0 Å². The van der Waals surface area contributed by atoms with Crippen LogP contribution in [0, 0.1) is 18.8 Å². The number of amides is 1. The maximum absolute atomic E-state index is 12.9. The third kappa shape index (κ3) is 3.11. The van der Waals surface area contributed by atoms with Gasteiger partial charge in [-0.25, -0.2) is 0 Å². The van der Waals surface area contributed by atoms with Gasteiger partial charge in [0.2, 0.25) is 0 Å². The van der Waals surface area contributed by atoms with Crippen LogP contribution in [0.4, 0.5) is 5.69 Å². The molecule has 0 radical (unpaired) electrons. The van der Waals surface area contributed by atoms with Crippen LogP contribution in [-0.2, 0) is 4.79 Å². The van der Waals surface area contributed by atoms with Crippen molar-refractivity contribution in [1.82, 2.24) is 0 Å². The smallest absolute Gasteiger partial charge is 0.258 e. The maximum atomic E-state index is 12.9. The van der Waals surface area contributed by atoms with Gasteiger partial charge >= 0.3 is 0 Å². The summed E-state index contributed by atoms with van der Waals surface area (Å²) in [5.74, 6) is 3.06. The van der Waals surface area contributed by atoms with Crippen LogP contribution in [0.2, 0.25) is 0 Å². The largest absolute Gasteiger partial charge is 0.493 e. The van der Waals surface area contributed by atoms with Crippen molar-refractivity contribution >= 4 is 23.2 Å². The number of rotatable bonds is 4. The van der Waals surface area contributed by atoms with Crippen LogP contribution in [-0.4, -0.2) is 26.2 Å². The number of hydrogen-bond acceptors (Lipinski definition) is 3. The minimum Gasteiger partial charge on any atom is -0.493 e. The van der Waals surface area contributed by atoms with E-state index in [1.807, 2.05) is 43.5 Å². The van der Waals surface area contributed by atoms with Crippen molar-refractivity contribution in [3.8, 4) is 11.5 Å². The zero-order chi connectivity index (χ0) is 20.1. The predicted octanol–water partition coefficient (Wildman–Crippen LogP) is 5.09. The van der Waals surface area contributed by atoms with Crippen LogP contribution in [0.5, 0.6) is 11.5 Å². The lowest BCUT2D eigenvalue weighted by atomic mass is 9.97. The van der Waals surface area contributed by atoms with Gasteiger partial charge < -0.3 is 14.4 Å². The topological polar surface area (TPSA) is 38.8 Å². The molecule has 1 aliphatic heterocycles. The average Bonchev–Trinajstić information content (AvgIpc) is 3.39. The number of ether oxygens (including phenoxy) is 2. The van der Waals surface area contributed by atoms with Crippen molar-refractivity contribution in [1.29, 1.82) is 0 Å². The van der Waals surface area contributed by atoms with Gasteiger partial charge in [-0.1, -0.05) is 17.7 Å². The molecular weight excluding hydrogens is 362 g/mol. The summed E-state index contributed by atoms with van der Waals surface area (Å²) in [7, 11) is 3.50. The highest BCUT2D eigenvalue weighted by atomic mass is 16.5. The number of likely N-dealkylation sites (N-methyl/N-ethyl adjacent to an activating group) is 1. The lowest BCUT2D eigenvalue weighted by Crippen LogP contribution is -2.23. The van der Waals surface area contributed by atoms with Crippen molar-refractivity contribution in [2.24, 2.45) is 11.8 Å². The molecule has 4 nitrogen and oxygen atoms in total. The summed E-state index contributed by atoms with van der Waals surface area (Å²) in [6, 6.07) is 12.1. The molecule has 3 atom stereocenters. The first-order chi connectivity index (χ1) is 14.0. The molecule has 2 aromatic rings. The normalized spacial score (nSPS) is 26.3. The second kappa shape index (κ2) is 6.94. The summed E-state index contributed by atoms with van der Waals surface area (Å²) in [5, 5.41) is 0. The summed E-state index contributed by atoms with van der Waals surface area (Å²) in [4.78, 5) is 14.6. The van der Waals surface area contributed by atoms with Gasteiger partial charge in [0.15, 0.2) is 11.5 Å². The van der Waals surface area contributed by atoms with Crippen LogP contribution < -0.4 is 14.4 Å². The van der Waals surface area contributed by atoms with E-state index in [2.05, 4.69) is 13.0 Å². The zero-order valence-electron chi connectivity index (χ0n) is 17.3. The van der Waals surface area contributed by atoms with Gasteiger partial charge in [0, 0.05) is 18.2 Å². The van der Waals surface area contributed by atoms with E-state index in [9.17, 15) is 4.79 Å². The minimum absolute atomic E-state index is 0.0250. The van der Waals surface area contributed by atoms with E-state index in [1.165, 1.54) is 19.3 Å². The first kappa shape index (κ1) is 18.3. The molecule has 2 bridgehead atoms. The van der Waals surface area contributed by atoms with Crippen molar-refractivity contribution < 1.29 is 14.3 Å². The van der Waals surface area contributed by atoms with Crippen LogP contribution in [0.15, 0.2) is 36.4 Å². The van der Waals surface area contributed by atoms with Crippen LogP contribution in [0.25, 0.3) is 11.6 Å². The molecule has 2 fully saturated rings. The first-order valence-electron chi connectivity index (χ1n) is 10.5. The van der Waals surface area contributed by atoms with Gasteiger partial charge in [0.25, 0.3) is 5.91 Å². The van der Waals surface area contributed by atoms with Gasteiger partial charge in [0.1, 0.15) is 6.10 Å². The van der Waals surface area contributed by atoms with Crippen molar-refractivity contribution in [3.63, 3.8) is 0 Å². The standard InChI is InChI=1S/C25H27NO3/c1-15-4-8-21-19(10-15)20(25(27)26(21)2)12-17-6-9-22(28-3)24(14-17)29-23-13-16-5-7-18(23)11-16/h4,6,8-10,12,14,16,18,23H,5,7,11,13H2,1-3H3/b20-12+/t16-,18+,23+/m1/s1. The lowest BCUT2D eigenvalue weighted by Gasteiger charge is -2.24. The third-order valence-electron chi connectivity index (χ3n) is 6.79. The van der Waals surface area contributed by atoms with Crippen LogP contribution >= 0.6 is 0 Å². The van der Waals surface area contributed by atoms with E-state index in [0.29, 0.717) is 5.92 Å². The van der Waals surface area contributed by atoms with Crippen molar-refractivity contribution in [3.05, 3.63) is 53.1 Å². The summed E-state index contributed by atoms with van der Waals surface area (Å²) in [6.45, 7) is 2.05. The molecule has 29 heavy (non-hydrogen) atoms. The number of methoxy groups -OCH3 is 1. The highest BCUT2D eigenvalue weighted by Gasteiger charge is 2.41. The van der Waals surface area contributed by atoms with E-state index in [-0.39, 0.29) is 12.0 Å². The van der Waals surface area contributed by atoms with Gasteiger partial charge in [-0.05, 0) is 80.3 Å². The number of fused-ring (bicyclic) bond motifs is 3. The first-order valence-corrected chi connectivity index (χ1v) is 10.5. The van der Waals surface area contributed by atoms with Gasteiger partial charge in [-0.2, -0.15) is 0 Å². The third-order valence-corrected chi connectivity index (χ3v) is 6.79. The Morgan fingerprint density at radius 1 is 1.07 bits per heavy atom. The number of hydrogen-bond donors (Lipinski definition) is 0. The van der Waals surface area contributed by atoms with Gasteiger partial charge in [0.05, 0.1) is 12.8 Å². The molecule has 1 heterocycles. The van der Waals surface area contributed by atoms with Crippen LogP contribution in [0.1, 0.15) is 42.4 Å². The minimum atomic E-state index is 0.0250. The Morgan fingerprint density at radius 2 is 1.93 bits per heavy atom. The predicted molar refractivity (Wildman–Crippen MR) is 115 cm³/mol. The molecule has 5 rings (SSSR count). The zero-order valence-corrected chi connectivity index (χ0v) is 17.3. The molecular formula is C25H27NO3. The fraction of sp³-hybridized carbons (Fsp3) is 0.400. The Morgan fingerprint density at radius 3 is 2.66 bits per heavy atom. The molecule has 0 unspecified atom stereocenters. The molecule has 0 N–H and O–H groups in total. The summed E-state index contributed by atoms with van der Waals surface area (Å²) in [5.41, 5.74) is 4.77. The number of carbonyl (C=O) groups excluding carboxylic acids is 1. The van der Waals surface area contributed by atoms with Crippen LogP contribution in [0.3, 0.4) is 0 Å². The molecule has 2 aromatic carbocycles. The van der Waals surface area contributed by atoms with E-state index >= 15 is 0 Å². The van der Waals surface area contributed by atoms with E-state index < -0.39 is 0 Å². The molecule has 0 spiro atoms. The molecule has 2 saturated carbocycles. The van der Waals surface area contributed by atoms with E-state index in [1.54, 1.807) is 12.0 Å². The molecule has 1 amide bonds. The summed E-state index contributed by atoms with van der Waals surface area (Å²) in [6.07, 6.45) is 7.33. The summed E-state index contributed by atoms with van der Waals surface area (Å²) >= 11 is 0. The Hall–Kier alpha value is -2.75. The fourth-order valence-electron chi connectivity index (χ4n) is 5.24. The number of anilines is 1. The lowest BCUT2D eigenvalue weighted by molar-refractivity contribution is -0.112.